The summed E-state index contributed by atoms with van der Waals surface area (Å²) in [5.74, 6) is 0.157. The van der Waals surface area contributed by atoms with Crippen LogP contribution in [0.3, 0.4) is 0 Å². The average molecular weight is 312 g/mol. The molecule has 0 aromatic heterocycles. The Labute approximate surface area is 127 Å². The predicted molar refractivity (Wildman–Crippen MR) is 85.3 cm³/mol. The van der Waals surface area contributed by atoms with Crippen LogP contribution in [0.4, 0.5) is 0 Å². The second-order valence-corrected chi connectivity index (χ2v) is 7.57. The van der Waals surface area contributed by atoms with E-state index in [9.17, 15) is 13.2 Å². The second-order valence-electron chi connectivity index (χ2n) is 5.18. The van der Waals surface area contributed by atoms with Crippen LogP contribution in [0.1, 0.15) is 29.8 Å². The van der Waals surface area contributed by atoms with Crippen molar-refractivity contribution >= 4 is 15.7 Å². The van der Waals surface area contributed by atoms with Crippen LogP contribution in [0, 0.1) is 6.92 Å². The van der Waals surface area contributed by atoms with Crippen LogP contribution in [0.25, 0.3) is 0 Å². The van der Waals surface area contributed by atoms with E-state index >= 15 is 0 Å². The normalized spacial score (nSPS) is 12.9. The third-order valence-electron chi connectivity index (χ3n) is 3.16. The van der Waals surface area contributed by atoms with Crippen molar-refractivity contribution in [2.45, 2.75) is 26.8 Å². The molecule has 0 aliphatic rings. The van der Waals surface area contributed by atoms with Gasteiger partial charge < -0.3 is 10.6 Å². The number of nitrogens with one attached hydrogen (secondary N) is 2. The molecule has 21 heavy (non-hydrogen) atoms. The fourth-order valence-corrected chi connectivity index (χ4v) is 2.97. The molecule has 0 aliphatic carbocycles. The number of benzene rings is 1. The lowest BCUT2D eigenvalue weighted by molar-refractivity contribution is 0.0953. The molecule has 118 valence electrons. The first-order valence-corrected chi connectivity index (χ1v) is 8.95. The lowest BCUT2D eigenvalue weighted by Gasteiger charge is -2.13. The van der Waals surface area contributed by atoms with E-state index in [1.54, 1.807) is 19.1 Å². The van der Waals surface area contributed by atoms with Gasteiger partial charge in [0, 0.05) is 30.4 Å². The Hall–Kier alpha value is -1.40. The molecule has 1 unspecified atom stereocenters. The number of amides is 1. The summed E-state index contributed by atoms with van der Waals surface area (Å²) in [5.41, 5.74) is 1.74. The van der Waals surface area contributed by atoms with Crippen LogP contribution in [0.2, 0.25) is 0 Å². The Morgan fingerprint density at radius 2 is 1.81 bits per heavy atom. The van der Waals surface area contributed by atoms with Gasteiger partial charge in [-0.1, -0.05) is 24.6 Å². The van der Waals surface area contributed by atoms with Gasteiger partial charge in [0.25, 0.3) is 5.91 Å². The maximum absolute atomic E-state index is 11.8. The summed E-state index contributed by atoms with van der Waals surface area (Å²) in [4.78, 5) is 11.8. The molecule has 1 aromatic rings. The highest BCUT2D eigenvalue weighted by Crippen LogP contribution is 2.02. The highest BCUT2D eigenvalue weighted by molar-refractivity contribution is 7.91. The van der Waals surface area contributed by atoms with Gasteiger partial charge in [-0.3, -0.25) is 4.79 Å². The topological polar surface area (TPSA) is 75.3 Å². The van der Waals surface area contributed by atoms with E-state index in [-0.39, 0.29) is 23.5 Å². The van der Waals surface area contributed by atoms with Gasteiger partial charge >= 0.3 is 0 Å². The van der Waals surface area contributed by atoms with Crippen LogP contribution < -0.4 is 10.6 Å². The molecule has 0 aliphatic heterocycles. The summed E-state index contributed by atoms with van der Waals surface area (Å²) in [6.45, 7) is 6.44. The molecule has 0 bridgehead atoms. The minimum atomic E-state index is -2.97. The van der Waals surface area contributed by atoms with E-state index < -0.39 is 9.84 Å². The minimum absolute atomic E-state index is 0.119. The number of hydrogen-bond acceptors (Lipinski definition) is 4. The SMILES string of the molecule is CCS(=O)(=O)CC(C)NCCNC(=O)c1ccc(C)cc1. The zero-order valence-electron chi connectivity index (χ0n) is 12.8. The van der Waals surface area contributed by atoms with E-state index in [0.29, 0.717) is 18.7 Å². The Balaban J connectivity index is 2.28. The molecule has 1 atom stereocenters. The highest BCUT2D eigenvalue weighted by Gasteiger charge is 2.13. The van der Waals surface area contributed by atoms with Crippen molar-refractivity contribution in [1.82, 2.24) is 10.6 Å². The Morgan fingerprint density at radius 3 is 2.38 bits per heavy atom. The van der Waals surface area contributed by atoms with Crippen molar-refractivity contribution < 1.29 is 13.2 Å². The maximum Gasteiger partial charge on any atom is 0.251 e. The number of hydrogen-bond donors (Lipinski definition) is 2. The molecule has 0 saturated carbocycles. The Kier molecular flexibility index (Phi) is 6.84. The van der Waals surface area contributed by atoms with Gasteiger partial charge in [-0.25, -0.2) is 8.42 Å². The van der Waals surface area contributed by atoms with E-state index in [1.165, 1.54) is 0 Å². The standard InChI is InChI=1S/C15H24N2O3S/c1-4-21(19,20)11-13(3)16-9-10-17-15(18)14-7-5-12(2)6-8-14/h5-8,13,16H,4,9-11H2,1-3H3,(H,17,18). The van der Waals surface area contributed by atoms with Crippen molar-refractivity contribution in [3.8, 4) is 0 Å². The number of aryl methyl sites for hydroxylation is 1. The van der Waals surface area contributed by atoms with Crippen molar-refractivity contribution in [2.75, 3.05) is 24.6 Å². The first-order chi connectivity index (χ1) is 9.84. The summed E-state index contributed by atoms with van der Waals surface area (Å²) in [6, 6.07) is 7.24. The first kappa shape index (κ1) is 17.7. The van der Waals surface area contributed by atoms with Crippen LogP contribution in [-0.4, -0.2) is 45.0 Å². The van der Waals surface area contributed by atoms with Crippen molar-refractivity contribution in [3.63, 3.8) is 0 Å². The van der Waals surface area contributed by atoms with Gasteiger partial charge in [0.2, 0.25) is 0 Å². The van der Waals surface area contributed by atoms with Crippen LogP contribution in [0.15, 0.2) is 24.3 Å². The fourth-order valence-electron chi connectivity index (χ4n) is 1.86. The summed E-state index contributed by atoms with van der Waals surface area (Å²) in [7, 11) is -2.97. The van der Waals surface area contributed by atoms with Crippen LogP contribution >= 0.6 is 0 Å². The fraction of sp³-hybridized carbons (Fsp3) is 0.533. The van der Waals surface area contributed by atoms with Crippen LogP contribution in [0.5, 0.6) is 0 Å². The maximum atomic E-state index is 11.8. The number of carbonyl (C=O) groups excluding carboxylic acids is 1. The Bertz CT molecular complexity index is 553. The molecule has 6 heteroatoms. The first-order valence-electron chi connectivity index (χ1n) is 7.12. The van der Waals surface area contributed by atoms with Gasteiger partial charge in [-0.05, 0) is 26.0 Å². The molecule has 0 fully saturated rings. The average Bonchev–Trinajstić information content (AvgIpc) is 2.43. The van der Waals surface area contributed by atoms with Crippen molar-refractivity contribution in [3.05, 3.63) is 35.4 Å². The number of carbonyl (C=O) groups is 1. The quantitative estimate of drug-likeness (QED) is 0.706. The zero-order valence-corrected chi connectivity index (χ0v) is 13.7. The summed E-state index contributed by atoms with van der Waals surface area (Å²) >= 11 is 0. The molecule has 0 heterocycles. The number of rotatable bonds is 8. The summed E-state index contributed by atoms with van der Waals surface area (Å²) < 4.78 is 22.9. The van der Waals surface area contributed by atoms with E-state index in [1.807, 2.05) is 26.0 Å². The molecule has 1 aromatic carbocycles. The van der Waals surface area contributed by atoms with Crippen molar-refractivity contribution in [2.24, 2.45) is 0 Å². The Morgan fingerprint density at radius 1 is 1.19 bits per heavy atom. The summed E-state index contributed by atoms with van der Waals surface area (Å²) in [5, 5.41) is 5.89. The molecular weight excluding hydrogens is 288 g/mol. The van der Waals surface area contributed by atoms with Gasteiger partial charge in [-0.2, -0.15) is 0 Å². The zero-order chi connectivity index (χ0) is 15.9. The van der Waals surface area contributed by atoms with Gasteiger partial charge in [0.05, 0.1) is 5.75 Å². The van der Waals surface area contributed by atoms with E-state index in [2.05, 4.69) is 10.6 Å². The molecule has 5 nitrogen and oxygen atoms in total. The van der Waals surface area contributed by atoms with Crippen molar-refractivity contribution in [1.29, 1.82) is 0 Å². The second kappa shape index (κ2) is 8.14. The van der Waals surface area contributed by atoms with Gasteiger partial charge in [-0.15, -0.1) is 0 Å². The van der Waals surface area contributed by atoms with Crippen LogP contribution in [-0.2, 0) is 9.84 Å². The molecule has 0 radical (unpaired) electrons. The van der Waals surface area contributed by atoms with Gasteiger partial charge in [0.15, 0.2) is 9.84 Å². The third-order valence-corrected chi connectivity index (χ3v) is 5.05. The molecule has 1 amide bonds. The minimum Gasteiger partial charge on any atom is -0.351 e. The third kappa shape index (κ3) is 6.73. The summed E-state index contributed by atoms with van der Waals surface area (Å²) in [6.07, 6.45) is 0. The molecule has 2 N–H and O–H groups in total. The van der Waals surface area contributed by atoms with Gasteiger partial charge in [0.1, 0.15) is 0 Å². The monoisotopic (exact) mass is 312 g/mol. The molecule has 0 spiro atoms. The van der Waals surface area contributed by atoms with E-state index in [0.717, 1.165) is 5.56 Å². The number of sulfone groups is 1. The highest BCUT2D eigenvalue weighted by atomic mass is 32.2. The molecule has 0 saturated heterocycles. The molecular formula is C15H24N2O3S. The lowest BCUT2D eigenvalue weighted by Crippen LogP contribution is -2.39. The molecule has 1 rings (SSSR count). The predicted octanol–water partition coefficient (Wildman–Crippen LogP) is 1.14. The van der Waals surface area contributed by atoms with E-state index in [4.69, 9.17) is 0 Å². The largest absolute Gasteiger partial charge is 0.351 e. The lowest BCUT2D eigenvalue weighted by atomic mass is 10.1. The smallest absolute Gasteiger partial charge is 0.251 e.